The van der Waals surface area contributed by atoms with E-state index in [0.29, 0.717) is 26.1 Å². The molecule has 0 amide bonds. The molecule has 37 heavy (non-hydrogen) atoms. The summed E-state index contributed by atoms with van der Waals surface area (Å²) in [6.45, 7) is 9.46. The Kier molecular flexibility index (Phi) is 22.1. The van der Waals surface area contributed by atoms with E-state index in [1.54, 1.807) is 0 Å². The molecule has 6 heteroatoms. The standard InChI is InChI=1S/C31H64N2O4/c1-7-9-11-13-15-20-24-32(3,4)26-28-36-30(34)22-18-17-19-23-31(35)37-29-27-33(5,6)25-21-16-14-12-10-8-2/h7-29H2,1-6H3/q+2. The molecule has 6 nitrogen and oxygen atoms in total. The molecule has 0 heterocycles. The second kappa shape index (κ2) is 22.8. The molecule has 0 aromatic heterocycles. The van der Waals surface area contributed by atoms with Gasteiger partial charge in [-0.15, -0.1) is 0 Å². The molecule has 0 bridgehead atoms. The Morgan fingerprint density at radius 1 is 0.459 bits per heavy atom. The second-order valence-electron chi connectivity index (χ2n) is 12.3. The van der Waals surface area contributed by atoms with Crippen molar-refractivity contribution >= 4 is 11.9 Å². The van der Waals surface area contributed by atoms with Gasteiger partial charge in [0.1, 0.15) is 26.3 Å². The van der Waals surface area contributed by atoms with Crippen molar-refractivity contribution < 1.29 is 28.0 Å². The van der Waals surface area contributed by atoms with Crippen molar-refractivity contribution in [3.05, 3.63) is 0 Å². The third kappa shape index (κ3) is 24.9. The topological polar surface area (TPSA) is 52.6 Å². The quantitative estimate of drug-likeness (QED) is 0.0696. The first-order valence-corrected chi connectivity index (χ1v) is 15.6. The number of ether oxygens (including phenoxy) is 2. The maximum atomic E-state index is 12.0. The van der Waals surface area contributed by atoms with Crippen LogP contribution in [0.5, 0.6) is 0 Å². The smallest absolute Gasteiger partial charge is 0.305 e. The minimum atomic E-state index is -0.118. The summed E-state index contributed by atoms with van der Waals surface area (Å²) < 4.78 is 12.7. The number of unbranched alkanes of at least 4 members (excludes halogenated alkanes) is 12. The maximum Gasteiger partial charge on any atom is 0.305 e. The number of esters is 2. The van der Waals surface area contributed by atoms with Crippen LogP contribution in [-0.4, -0.2) is 88.5 Å². The van der Waals surface area contributed by atoms with Gasteiger partial charge in [0, 0.05) is 12.8 Å². The fourth-order valence-corrected chi connectivity index (χ4v) is 4.54. The zero-order valence-electron chi connectivity index (χ0n) is 25.8. The Morgan fingerprint density at radius 2 is 0.784 bits per heavy atom. The highest BCUT2D eigenvalue weighted by Crippen LogP contribution is 2.10. The zero-order chi connectivity index (χ0) is 27.8. The van der Waals surface area contributed by atoms with Crippen molar-refractivity contribution in [2.24, 2.45) is 0 Å². The van der Waals surface area contributed by atoms with Crippen molar-refractivity contribution in [1.29, 1.82) is 0 Å². The molecule has 0 aliphatic carbocycles. The number of rotatable bonds is 26. The van der Waals surface area contributed by atoms with E-state index in [4.69, 9.17) is 9.47 Å². The summed E-state index contributed by atoms with van der Waals surface area (Å²) in [5.41, 5.74) is 0. The third-order valence-electron chi connectivity index (χ3n) is 7.42. The van der Waals surface area contributed by atoms with Gasteiger partial charge in [0.05, 0.1) is 41.3 Å². The number of quaternary nitrogens is 2. The Morgan fingerprint density at radius 3 is 1.16 bits per heavy atom. The van der Waals surface area contributed by atoms with E-state index in [1.165, 1.54) is 77.0 Å². The van der Waals surface area contributed by atoms with E-state index in [-0.39, 0.29) is 11.9 Å². The molecule has 0 aromatic rings. The normalized spacial score (nSPS) is 12.1. The van der Waals surface area contributed by atoms with Gasteiger partial charge in [-0.2, -0.15) is 0 Å². The molecule has 0 spiro atoms. The first-order valence-electron chi connectivity index (χ1n) is 15.6. The van der Waals surface area contributed by atoms with E-state index >= 15 is 0 Å². The Balaban J connectivity index is 3.69. The summed E-state index contributed by atoms with van der Waals surface area (Å²) in [7, 11) is 8.87. The highest BCUT2D eigenvalue weighted by molar-refractivity contribution is 5.69. The van der Waals surface area contributed by atoms with Crippen molar-refractivity contribution in [3.8, 4) is 0 Å². The summed E-state index contributed by atoms with van der Waals surface area (Å²) in [6, 6.07) is 0. The minimum absolute atomic E-state index is 0.118. The Bertz CT molecular complexity index is 515. The van der Waals surface area contributed by atoms with Gasteiger partial charge in [0.2, 0.25) is 0 Å². The maximum absolute atomic E-state index is 12.0. The largest absolute Gasteiger partial charge is 0.460 e. The number of hydrogen-bond acceptors (Lipinski definition) is 4. The van der Waals surface area contributed by atoms with E-state index in [0.717, 1.165) is 54.4 Å². The van der Waals surface area contributed by atoms with Crippen LogP contribution in [0.3, 0.4) is 0 Å². The third-order valence-corrected chi connectivity index (χ3v) is 7.42. The molecule has 0 saturated carbocycles. The van der Waals surface area contributed by atoms with Gasteiger partial charge in [-0.05, 0) is 38.5 Å². The summed E-state index contributed by atoms with van der Waals surface area (Å²) in [5.74, 6) is -0.236. The number of carbonyl (C=O) groups excluding carboxylic acids is 2. The molecule has 0 aliphatic heterocycles. The monoisotopic (exact) mass is 528 g/mol. The molecule has 0 atom stereocenters. The van der Waals surface area contributed by atoms with Crippen LogP contribution in [0.1, 0.15) is 123 Å². The summed E-state index contributed by atoms with van der Waals surface area (Å²) in [6.07, 6.45) is 18.9. The number of likely N-dealkylation sites (N-methyl/N-ethyl adjacent to an activating group) is 2. The summed E-state index contributed by atoms with van der Waals surface area (Å²) >= 11 is 0. The molecule has 220 valence electrons. The predicted molar refractivity (Wildman–Crippen MR) is 155 cm³/mol. The van der Waals surface area contributed by atoms with Crippen LogP contribution in [-0.2, 0) is 19.1 Å². The van der Waals surface area contributed by atoms with Crippen molar-refractivity contribution in [3.63, 3.8) is 0 Å². The second-order valence-corrected chi connectivity index (χ2v) is 12.3. The van der Waals surface area contributed by atoms with E-state index in [9.17, 15) is 9.59 Å². The van der Waals surface area contributed by atoms with E-state index in [1.807, 2.05) is 0 Å². The van der Waals surface area contributed by atoms with Crippen molar-refractivity contribution in [2.75, 3.05) is 67.6 Å². The highest BCUT2D eigenvalue weighted by Gasteiger charge is 2.17. The lowest BCUT2D eigenvalue weighted by Gasteiger charge is -2.29. The predicted octanol–water partition coefficient (Wildman–Crippen LogP) is 6.90. The lowest BCUT2D eigenvalue weighted by Crippen LogP contribution is -2.43. The highest BCUT2D eigenvalue weighted by atomic mass is 16.5. The SMILES string of the molecule is CCCCCCCC[N+](C)(C)CCOC(=O)CCCCCC(=O)OCC[N+](C)(C)CCCCCCCC. The molecule has 0 fully saturated rings. The number of hydrogen-bond donors (Lipinski definition) is 0. The van der Waals surface area contributed by atoms with E-state index < -0.39 is 0 Å². The van der Waals surface area contributed by atoms with Crippen LogP contribution >= 0.6 is 0 Å². The fraction of sp³-hybridized carbons (Fsp3) is 0.935. The molecule has 0 aromatic carbocycles. The van der Waals surface area contributed by atoms with Crippen molar-refractivity contribution in [1.82, 2.24) is 0 Å². The molecule has 0 radical (unpaired) electrons. The molecule has 0 saturated heterocycles. The van der Waals surface area contributed by atoms with Gasteiger partial charge in [0.25, 0.3) is 0 Å². The average molecular weight is 529 g/mol. The number of carbonyl (C=O) groups is 2. The van der Waals surface area contributed by atoms with Crippen LogP contribution in [0.4, 0.5) is 0 Å². The lowest BCUT2D eigenvalue weighted by molar-refractivity contribution is -0.890. The molecule has 0 unspecified atom stereocenters. The van der Waals surface area contributed by atoms with Gasteiger partial charge in [-0.3, -0.25) is 9.59 Å². The number of nitrogens with zero attached hydrogens (tertiary/aromatic N) is 2. The van der Waals surface area contributed by atoms with Gasteiger partial charge in [-0.1, -0.05) is 71.6 Å². The summed E-state index contributed by atoms with van der Waals surface area (Å²) in [4.78, 5) is 24.1. The van der Waals surface area contributed by atoms with E-state index in [2.05, 4.69) is 42.0 Å². The molecule has 0 rings (SSSR count). The Hall–Kier alpha value is -1.14. The van der Waals surface area contributed by atoms with Gasteiger partial charge < -0.3 is 18.4 Å². The summed E-state index contributed by atoms with van der Waals surface area (Å²) in [5, 5.41) is 0. The average Bonchev–Trinajstić information content (AvgIpc) is 2.83. The molecular weight excluding hydrogens is 464 g/mol. The first kappa shape index (κ1) is 35.9. The zero-order valence-corrected chi connectivity index (χ0v) is 25.8. The Labute approximate surface area is 230 Å². The van der Waals surface area contributed by atoms with Gasteiger partial charge in [0.15, 0.2) is 0 Å². The van der Waals surface area contributed by atoms with Crippen LogP contribution < -0.4 is 0 Å². The minimum Gasteiger partial charge on any atom is -0.460 e. The molecule has 0 aliphatic rings. The first-order chi connectivity index (χ1) is 17.6. The van der Waals surface area contributed by atoms with Gasteiger partial charge in [-0.25, -0.2) is 0 Å². The van der Waals surface area contributed by atoms with Crippen LogP contribution in [0.15, 0.2) is 0 Å². The van der Waals surface area contributed by atoms with Crippen molar-refractivity contribution in [2.45, 2.75) is 123 Å². The molecule has 0 N–H and O–H groups in total. The lowest BCUT2D eigenvalue weighted by atomic mass is 10.1. The fourth-order valence-electron chi connectivity index (χ4n) is 4.54. The van der Waals surface area contributed by atoms with Crippen LogP contribution in [0, 0.1) is 0 Å². The van der Waals surface area contributed by atoms with Crippen LogP contribution in [0.25, 0.3) is 0 Å². The van der Waals surface area contributed by atoms with Gasteiger partial charge >= 0.3 is 11.9 Å². The van der Waals surface area contributed by atoms with Crippen LogP contribution in [0.2, 0.25) is 0 Å². The molecular formula is C31H64N2O4+2.